The lowest BCUT2D eigenvalue weighted by Gasteiger charge is -2.34. The number of carbonyl (C=O) groups is 1. The van der Waals surface area contributed by atoms with E-state index >= 15 is 0 Å². The van der Waals surface area contributed by atoms with Gasteiger partial charge in [-0.15, -0.1) is 0 Å². The number of carbonyl (C=O) groups excluding carboxylic acids is 1. The molecule has 1 saturated heterocycles. The van der Waals surface area contributed by atoms with Crippen molar-refractivity contribution in [1.82, 2.24) is 9.21 Å². The van der Waals surface area contributed by atoms with E-state index < -0.39 is 10.0 Å². The summed E-state index contributed by atoms with van der Waals surface area (Å²) < 4.78 is 33.8. The fourth-order valence-electron chi connectivity index (χ4n) is 4.45. The first-order valence-corrected chi connectivity index (χ1v) is 12.8. The molecule has 3 unspecified atom stereocenters. The van der Waals surface area contributed by atoms with Crippen molar-refractivity contribution in [3.63, 3.8) is 0 Å². The average molecular weight is 457 g/mol. The van der Waals surface area contributed by atoms with Gasteiger partial charge < -0.3 is 9.64 Å². The van der Waals surface area contributed by atoms with Crippen molar-refractivity contribution in [3.8, 4) is 0 Å². The van der Waals surface area contributed by atoms with Crippen LogP contribution in [0.5, 0.6) is 0 Å². The Labute approximate surface area is 191 Å². The van der Waals surface area contributed by atoms with E-state index in [-0.39, 0.29) is 29.1 Å². The largest absolute Gasteiger partial charge is 0.373 e. The number of hydrogen-bond acceptors (Lipinski definition) is 4. The van der Waals surface area contributed by atoms with Crippen LogP contribution in [0.2, 0.25) is 0 Å². The van der Waals surface area contributed by atoms with E-state index in [0.717, 1.165) is 18.4 Å². The maximum Gasteiger partial charge on any atom is 0.254 e. The predicted molar refractivity (Wildman–Crippen MR) is 124 cm³/mol. The van der Waals surface area contributed by atoms with Crippen molar-refractivity contribution in [2.24, 2.45) is 5.92 Å². The van der Waals surface area contributed by atoms with E-state index in [1.54, 1.807) is 18.2 Å². The van der Waals surface area contributed by atoms with Crippen molar-refractivity contribution >= 4 is 15.9 Å². The molecule has 0 bridgehead atoms. The van der Waals surface area contributed by atoms with Crippen LogP contribution in [0.15, 0.2) is 59.5 Å². The van der Waals surface area contributed by atoms with Gasteiger partial charge in [-0.3, -0.25) is 4.79 Å². The van der Waals surface area contributed by atoms with Crippen molar-refractivity contribution in [2.45, 2.75) is 63.3 Å². The minimum absolute atomic E-state index is 0.101. The normalized spacial score (nSPS) is 23.0. The third-order valence-electron chi connectivity index (χ3n) is 6.36. The molecule has 0 aromatic heterocycles. The van der Waals surface area contributed by atoms with Crippen molar-refractivity contribution in [3.05, 3.63) is 65.7 Å². The fraction of sp³-hybridized carbons (Fsp3) is 0.480. The number of amides is 1. The van der Waals surface area contributed by atoms with Gasteiger partial charge in [0.05, 0.1) is 17.1 Å². The number of benzene rings is 2. The van der Waals surface area contributed by atoms with Gasteiger partial charge >= 0.3 is 0 Å². The molecule has 2 fully saturated rings. The summed E-state index contributed by atoms with van der Waals surface area (Å²) in [7, 11) is -3.71. The monoisotopic (exact) mass is 456 g/mol. The zero-order valence-electron chi connectivity index (χ0n) is 19.0. The SMILES string of the molecule is CC1CN(S(=O)(=O)c2cccc(C(=O)N(Cc3ccccc3)C(C)C3CC3)c2)CC(C)O1. The maximum atomic E-state index is 13.6. The first-order chi connectivity index (χ1) is 15.3. The van der Waals surface area contributed by atoms with Crippen molar-refractivity contribution in [1.29, 1.82) is 0 Å². The molecule has 32 heavy (non-hydrogen) atoms. The molecule has 1 heterocycles. The van der Waals surface area contributed by atoms with Gasteiger partial charge in [-0.1, -0.05) is 36.4 Å². The Hall–Kier alpha value is -2.22. The summed E-state index contributed by atoms with van der Waals surface area (Å²) in [4.78, 5) is 15.6. The van der Waals surface area contributed by atoms with E-state index in [1.165, 1.54) is 10.4 Å². The summed E-state index contributed by atoms with van der Waals surface area (Å²) >= 11 is 0. The predicted octanol–water partition coefficient (Wildman–Crippen LogP) is 3.93. The lowest BCUT2D eigenvalue weighted by Crippen LogP contribution is -2.48. The Morgan fingerprint density at radius 2 is 1.72 bits per heavy atom. The number of morpholine rings is 1. The zero-order chi connectivity index (χ0) is 22.9. The molecule has 4 rings (SSSR count). The summed E-state index contributed by atoms with van der Waals surface area (Å²) in [6, 6.07) is 16.5. The molecule has 1 aliphatic heterocycles. The molecular weight excluding hydrogens is 424 g/mol. The summed E-state index contributed by atoms with van der Waals surface area (Å²) in [5.41, 5.74) is 1.47. The summed E-state index contributed by atoms with van der Waals surface area (Å²) in [5.74, 6) is 0.375. The second-order valence-corrected chi connectivity index (χ2v) is 11.0. The van der Waals surface area contributed by atoms with Gasteiger partial charge in [-0.05, 0) is 63.3 Å². The zero-order valence-corrected chi connectivity index (χ0v) is 19.8. The molecule has 2 aromatic carbocycles. The molecule has 7 heteroatoms. The third kappa shape index (κ3) is 5.05. The van der Waals surface area contributed by atoms with Crippen LogP contribution in [0.1, 0.15) is 49.5 Å². The summed E-state index contributed by atoms with van der Waals surface area (Å²) in [6.07, 6.45) is 1.92. The molecule has 0 N–H and O–H groups in total. The van der Waals surface area contributed by atoms with Crippen LogP contribution in [0.25, 0.3) is 0 Å². The number of rotatable bonds is 7. The molecule has 6 nitrogen and oxygen atoms in total. The van der Waals surface area contributed by atoms with Crippen LogP contribution in [-0.2, 0) is 21.3 Å². The topological polar surface area (TPSA) is 66.9 Å². The molecule has 2 aromatic rings. The minimum atomic E-state index is -3.71. The van der Waals surface area contributed by atoms with E-state index in [2.05, 4.69) is 6.92 Å². The van der Waals surface area contributed by atoms with Crippen molar-refractivity contribution in [2.75, 3.05) is 13.1 Å². The first-order valence-electron chi connectivity index (χ1n) is 11.4. The van der Waals surface area contributed by atoms with Gasteiger partial charge in [0, 0.05) is 31.2 Å². The minimum Gasteiger partial charge on any atom is -0.373 e. The molecule has 0 radical (unpaired) electrons. The highest BCUT2D eigenvalue weighted by Gasteiger charge is 2.36. The van der Waals surface area contributed by atoms with Crippen LogP contribution in [-0.4, -0.2) is 54.9 Å². The number of sulfonamides is 1. The quantitative estimate of drug-likeness (QED) is 0.633. The molecule has 172 valence electrons. The molecule has 1 aliphatic carbocycles. The second-order valence-electron chi connectivity index (χ2n) is 9.10. The van der Waals surface area contributed by atoms with Crippen molar-refractivity contribution < 1.29 is 17.9 Å². The number of hydrogen-bond donors (Lipinski definition) is 0. The summed E-state index contributed by atoms with van der Waals surface area (Å²) in [5, 5.41) is 0. The average Bonchev–Trinajstić information content (AvgIpc) is 3.62. The van der Waals surface area contributed by atoms with Gasteiger partial charge in [0.15, 0.2) is 0 Å². The summed E-state index contributed by atoms with van der Waals surface area (Å²) in [6.45, 7) is 6.97. The highest BCUT2D eigenvalue weighted by atomic mass is 32.2. The van der Waals surface area contributed by atoms with Gasteiger partial charge in [-0.2, -0.15) is 4.31 Å². The Morgan fingerprint density at radius 3 is 2.34 bits per heavy atom. The van der Waals surface area contributed by atoms with Gasteiger partial charge in [0.1, 0.15) is 0 Å². The molecule has 1 saturated carbocycles. The molecule has 3 atom stereocenters. The van der Waals surface area contributed by atoms with Crippen LogP contribution < -0.4 is 0 Å². The second kappa shape index (κ2) is 9.33. The van der Waals surface area contributed by atoms with E-state index in [1.807, 2.05) is 49.1 Å². The van der Waals surface area contributed by atoms with Crippen LogP contribution in [0.4, 0.5) is 0 Å². The third-order valence-corrected chi connectivity index (χ3v) is 8.18. The molecule has 1 amide bonds. The van der Waals surface area contributed by atoms with Crippen LogP contribution in [0, 0.1) is 5.92 Å². The van der Waals surface area contributed by atoms with E-state index in [9.17, 15) is 13.2 Å². The number of ether oxygens (including phenoxy) is 1. The van der Waals surface area contributed by atoms with Gasteiger partial charge in [0.2, 0.25) is 10.0 Å². The van der Waals surface area contributed by atoms with E-state index in [4.69, 9.17) is 4.74 Å². The van der Waals surface area contributed by atoms with Gasteiger partial charge in [0.25, 0.3) is 5.91 Å². The Balaban J connectivity index is 1.61. The first kappa shape index (κ1) is 23.0. The lowest BCUT2D eigenvalue weighted by molar-refractivity contribution is -0.0440. The van der Waals surface area contributed by atoms with E-state index in [0.29, 0.717) is 31.1 Å². The fourth-order valence-corrected chi connectivity index (χ4v) is 6.08. The number of nitrogens with zero attached hydrogens (tertiary/aromatic N) is 2. The van der Waals surface area contributed by atoms with Crippen LogP contribution >= 0.6 is 0 Å². The molecular formula is C25H32N2O4S. The molecule has 2 aliphatic rings. The lowest BCUT2D eigenvalue weighted by atomic mass is 10.1. The standard InChI is InChI=1S/C25H32N2O4S/c1-18-15-26(16-19(2)31-18)32(29,30)24-11-7-10-23(14-24)25(28)27(20(3)22-12-13-22)17-21-8-5-4-6-9-21/h4-11,14,18-20,22H,12-13,15-17H2,1-3H3. The smallest absolute Gasteiger partial charge is 0.254 e. The Kier molecular flexibility index (Phi) is 6.70. The van der Waals surface area contributed by atoms with Crippen LogP contribution in [0.3, 0.4) is 0 Å². The molecule has 0 spiro atoms. The Morgan fingerprint density at radius 1 is 1.06 bits per heavy atom. The maximum absolute atomic E-state index is 13.6. The highest BCUT2D eigenvalue weighted by molar-refractivity contribution is 7.89. The highest BCUT2D eigenvalue weighted by Crippen LogP contribution is 2.36. The van der Waals surface area contributed by atoms with Gasteiger partial charge in [-0.25, -0.2) is 8.42 Å². The Bertz CT molecular complexity index is 1040.